The third-order valence-corrected chi connectivity index (χ3v) is 5.76. The molecular weight excluding hydrogens is 238 g/mol. The van der Waals surface area contributed by atoms with Gasteiger partial charge < -0.3 is 15.2 Å². The van der Waals surface area contributed by atoms with E-state index in [0.29, 0.717) is 5.92 Å². The van der Waals surface area contributed by atoms with E-state index in [1.807, 2.05) is 0 Å². The Morgan fingerprint density at radius 3 is 2.47 bits per heavy atom. The highest BCUT2D eigenvalue weighted by Crippen LogP contribution is 2.44. The number of ether oxygens (including phenoxy) is 2. The van der Waals surface area contributed by atoms with Gasteiger partial charge in [0.25, 0.3) is 0 Å². The maximum absolute atomic E-state index is 6.60. The molecule has 0 aromatic heterocycles. The van der Waals surface area contributed by atoms with E-state index in [1.165, 1.54) is 38.5 Å². The third kappa shape index (κ3) is 2.70. The molecule has 2 heterocycles. The van der Waals surface area contributed by atoms with Crippen molar-refractivity contribution >= 4 is 0 Å². The first kappa shape index (κ1) is 13.8. The minimum Gasteiger partial charge on any atom is -0.375 e. The van der Waals surface area contributed by atoms with Crippen LogP contribution in [-0.2, 0) is 9.47 Å². The van der Waals surface area contributed by atoms with Gasteiger partial charge in [-0.25, -0.2) is 0 Å². The molecule has 0 bridgehead atoms. The molecule has 2 N–H and O–H groups in total. The summed E-state index contributed by atoms with van der Waals surface area (Å²) in [6.07, 6.45) is 11.1. The Bertz CT molecular complexity index is 300. The Morgan fingerprint density at radius 2 is 1.79 bits per heavy atom. The molecule has 3 aliphatic rings. The maximum atomic E-state index is 6.60. The van der Waals surface area contributed by atoms with E-state index in [1.54, 1.807) is 0 Å². The fourth-order valence-corrected chi connectivity index (χ4v) is 4.48. The molecule has 1 saturated carbocycles. The molecule has 2 aliphatic heterocycles. The van der Waals surface area contributed by atoms with Crippen molar-refractivity contribution in [2.24, 2.45) is 11.7 Å². The van der Waals surface area contributed by atoms with E-state index < -0.39 is 0 Å². The van der Waals surface area contributed by atoms with Crippen LogP contribution in [0.3, 0.4) is 0 Å². The molecule has 110 valence electrons. The van der Waals surface area contributed by atoms with Crippen LogP contribution in [0.5, 0.6) is 0 Å². The lowest BCUT2D eigenvalue weighted by Gasteiger charge is -2.47. The molecule has 0 aromatic rings. The minimum atomic E-state index is -0.0855. The lowest BCUT2D eigenvalue weighted by molar-refractivity contribution is -0.132. The Balaban J connectivity index is 1.67. The van der Waals surface area contributed by atoms with Crippen LogP contribution in [-0.4, -0.2) is 30.5 Å². The molecular formula is C16H29NO2. The van der Waals surface area contributed by atoms with Crippen LogP contribution >= 0.6 is 0 Å². The summed E-state index contributed by atoms with van der Waals surface area (Å²) >= 11 is 0. The summed E-state index contributed by atoms with van der Waals surface area (Å²) in [6.45, 7) is 4.00. The zero-order chi connectivity index (χ0) is 13.3. The van der Waals surface area contributed by atoms with Crippen molar-refractivity contribution in [3.05, 3.63) is 0 Å². The molecule has 3 atom stereocenters. The molecule has 3 unspecified atom stereocenters. The number of nitrogens with two attached hydrogens (primary N) is 1. The molecule has 3 fully saturated rings. The Kier molecular flexibility index (Phi) is 3.89. The zero-order valence-corrected chi connectivity index (χ0v) is 12.3. The molecule has 2 saturated heterocycles. The normalized spacial score (nSPS) is 40.4. The topological polar surface area (TPSA) is 44.5 Å². The monoisotopic (exact) mass is 267 g/mol. The molecule has 3 rings (SSSR count). The van der Waals surface area contributed by atoms with Crippen LogP contribution in [0.25, 0.3) is 0 Å². The second-order valence-electron chi connectivity index (χ2n) is 7.14. The lowest BCUT2D eigenvalue weighted by atomic mass is 9.71. The van der Waals surface area contributed by atoms with Gasteiger partial charge in [0.2, 0.25) is 0 Å². The van der Waals surface area contributed by atoms with Crippen molar-refractivity contribution < 1.29 is 9.47 Å². The van der Waals surface area contributed by atoms with E-state index in [-0.39, 0.29) is 17.2 Å². The van der Waals surface area contributed by atoms with Gasteiger partial charge in [-0.2, -0.15) is 0 Å². The SMILES string of the molecule is CC1(C(N)C2CCOC3(CCCCC3)C2)CCCO1. The minimum absolute atomic E-state index is 0.0855. The van der Waals surface area contributed by atoms with Gasteiger partial charge in [-0.3, -0.25) is 0 Å². The lowest BCUT2D eigenvalue weighted by Crippen LogP contribution is -2.54. The molecule has 19 heavy (non-hydrogen) atoms. The standard InChI is InChI=1S/C16H29NO2/c1-15(7-5-10-18-15)14(17)13-6-11-19-16(12-13)8-3-2-4-9-16/h13-14H,2-12,17H2,1H3. The van der Waals surface area contributed by atoms with Gasteiger partial charge >= 0.3 is 0 Å². The molecule has 0 radical (unpaired) electrons. The number of hydrogen-bond acceptors (Lipinski definition) is 3. The fourth-order valence-electron chi connectivity index (χ4n) is 4.48. The summed E-state index contributed by atoms with van der Waals surface area (Å²) < 4.78 is 12.2. The smallest absolute Gasteiger partial charge is 0.0808 e. The fraction of sp³-hybridized carbons (Fsp3) is 1.00. The average molecular weight is 267 g/mol. The van der Waals surface area contributed by atoms with Gasteiger partial charge in [0, 0.05) is 19.3 Å². The van der Waals surface area contributed by atoms with E-state index >= 15 is 0 Å². The van der Waals surface area contributed by atoms with E-state index in [4.69, 9.17) is 15.2 Å². The predicted molar refractivity (Wildman–Crippen MR) is 76.1 cm³/mol. The average Bonchev–Trinajstić information content (AvgIpc) is 2.87. The van der Waals surface area contributed by atoms with E-state index in [2.05, 4.69) is 6.92 Å². The van der Waals surface area contributed by atoms with Gasteiger partial charge in [-0.1, -0.05) is 19.3 Å². The molecule has 3 heteroatoms. The first-order valence-corrected chi connectivity index (χ1v) is 8.17. The molecule has 0 aromatic carbocycles. The highest BCUT2D eigenvalue weighted by Gasteiger charge is 2.46. The number of hydrogen-bond donors (Lipinski definition) is 1. The molecule has 0 amide bonds. The van der Waals surface area contributed by atoms with Crippen LogP contribution in [0.4, 0.5) is 0 Å². The van der Waals surface area contributed by atoms with Crippen LogP contribution in [0.2, 0.25) is 0 Å². The number of rotatable bonds is 2. The highest BCUT2D eigenvalue weighted by atomic mass is 16.5. The summed E-state index contributed by atoms with van der Waals surface area (Å²) in [6, 6.07) is 0.178. The van der Waals surface area contributed by atoms with Gasteiger partial charge in [0.15, 0.2) is 0 Å². The van der Waals surface area contributed by atoms with Crippen LogP contribution < -0.4 is 5.73 Å². The van der Waals surface area contributed by atoms with Crippen molar-refractivity contribution in [3.8, 4) is 0 Å². The highest BCUT2D eigenvalue weighted by molar-refractivity contribution is 4.99. The Morgan fingerprint density at radius 1 is 1.00 bits per heavy atom. The second kappa shape index (κ2) is 5.34. The summed E-state index contributed by atoms with van der Waals surface area (Å²) in [5, 5.41) is 0. The van der Waals surface area contributed by atoms with Crippen molar-refractivity contribution in [3.63, 3.8) is 0 Å². The van der Waals surface area contributed by atoms with E-state index in [0.717, 1.165) is 32.5 Å². The largest absolute Gasteiger partial charge is 0.375 e. The molecule has 1 aliphatic carbocycles. The maximum Gasteiger partial charge on any atom is 0.0808 e. The van der Waals surface area contributed by atoms with Crippen LogP contribution in [0.1, 0.15) is 64.7 Å². The molecule has 1 spiro atoms. The summed E-state index contributed by atoms with van der Waals surface area (Å²) in [5.74, 6) is 0.579. The van der Waals surface area contributed by atoms with Crippen molar-refractivity contribution in [1.29, 1.82) is 0 Å². The summed E-state index contributed by atoms with van der Waals surface area (Å²) in [4.78, 5) is 0. The van der Waals surface area contributed by atoms with Crippen LogP contribution in [0, 0.1) is 5.92 Å². The van der Waals surface area contributed by atoms with Gasteiger partial charge in [0.1, 0.15) is 0 Å². The predicted octanol–water partition coefficient (Wildman–Crippen LogP) is 3.01. The second-order valence-corrected chi connectivity index (χ2v) is 7.14. The van der Waals surface area contributed by atoms with Crippen molar-refractivity contribution in [2.45, 2.75) is 82.0 Å². The van der Waals surface area contributed by atoms with Gasteiger partial charge in [-0.05, 0) is 51.4 Å². The Labute approximate surface area is 117 Å². The van der Waals surface area contributed by atoms with Crippen molar-refractivity contribution in [2.75, 3.05) is 13.2 Å². The third-order valence-electron chi connectivity index (χ3n) is 5.76. The van der Waals surface area contributed by atoms with Crippen LogP contribution in [0.15, 0.2) is 0 Å². The Hall–Kier alpha value is -0.120. The van der Waals surface area contributed by atoms with Gasteiger partial charge in [0.05, 0.1) is 11.2 Å². The molecule has 3 nitrogen and oxygen atoms in total. The first-order valence-electron chi connectivity index (χ1n) is 8.17. The van der Waals surface area contributed by atoms with E-state index in [9.17, 15) is 0 Å². The summed E-state index contributed by atoms with van der Waals surface area (Å²) in [5.41, 5.74) is 6.67. The zero-order valence-electron chi connectivity index (χ0n) is 12.3. The van der Waals surface area contributed by atoms with Gasteiger partial charge in [-0.15, -0.1) is 0 Å². The van der Waals surface area contributed by atoms with Crippen molar-refractivity contribution in [1.82, 2.24) is 0 Å². The summed E-state index contributed by atoms with van der Waals surface area (Å²) in [7, 11) is 0. The quantitative estimate of drug-likeness (QED) is 0.836. The first-order chi connectivity index (χ1) is 9.14.